The van der Waals surface area contributed by atoms with Crippen LogP contribution in [-0.4, -0.2) is 8.97 Å². The molecule has 0 fully saturated rings. The first-order valence-electron chi connectivity index (χ1n) is 14.2. The molecule has 8 rings (SSSR count). The Morgan fingerprint density at radius 3 is 1.64 bits per heavy atom. The van der Waals surface area contributed by atoms with E-state index < -0.39 is 0 Å². The van der Waals surface area contributed by atoms with Crippen LogP contribution >= 0.6 is 0 Å². The highest BCUT2D eigenvalue weighted by Crippen LogP contribution is 2.37. The van der Waals surface area contributed by atoms with E-state index in [4.69, 9.17) is 0 Å². The molecule has 0 saturated carbocycles. The summed E-state index contributed by atoms with van der Waals surface area (Å²) in [4.78, 5) is 14.6. The summed E-state index contributed by atoms with van der Waals surface area (Å²) in [5, 5.41) is 2.00. The first-order chi connectivity index (χ1) is 20.8. The molecule has 0 atom stereocenters. The van der Waals surface area contributed by atoms with Gasteiger partial charge in [0.05, 0.1) is 16.7 Å². The van der Waals surface area contributed by atoms with Crippen LogP contribution in [0.25, 0.3) is 66.5 Å². The third-order valence-electron chi connectivity index (χ3n) is 8.13. The average molecular weight is 539 g/mol. The Bertz CT molecular complexity index is 2290. The van der Waals surface area contributed by atoms with E-state index in [2.05, 4.69) is 101 Å². The minimum absolute atomic E-state index is 0.0391. The van der Waals surface area contributed by atoms with Gasteiger partial charge < -0.3 is 4.40 Å². The lowest BCUT2D eigenvalue weighted by atomic mass is 10.0. The van der Waals surface area contributed by atoms with Gasteiger partial charge in [0, 0.05) is 16.5 Å². The maximum Gasteiger partial charge on any atom is 0.280 e. The van der Waals surface area contributed by atoms with E-state index >= 15 is 0 Å². The summed E-state index contributed by atoms with van der Waals surface area (Å²) in [6.45, 7) is 0. The Morgan fingerprint density at radius 2 is 0.929 bits per heavy atom. The molecule has 0 spiro atoms. The van der Waals surface area contributed by atoms with Crippen molar-refractivity contribution in [1.29, 1.82) is 0 Å². The normalized spacial score (nSPS) is 11.4. The Balaban J connectivity index is 1.43. The molecule has 8 aromatic rings. The Hall–Kier alpha value is -5.67. The van der Waals surface area contributed by atoms with Gasteiger partial charge >= 0.3 is 0 Å². The molecular formula is C39H26N2O. The quantitative estimate of drug-likeness (QED) is 0.219. The number of hydrogen-bond acceptors (Lipinski definition) is 1. The van der Waals surface area contributed by atoms with E-state index in [-0.39, 0.29) is 5.56 Å². The first-order valence-corrected chi connectivity index (χ1v) is 14.2. The standard InChI is InChI=1S/C39H26N2O/c42-39-38-34-19-8-7-18-33(34)37(31-17-11-16-30(26-31)28-14-5-2-6-15-28)41(38)36-21-10-9-20-35(36)40(39)32-24-22-29(23-25-32)27-12-3-1-4-13-27/h1-26H. The van der Waals surface area contributed by atoms with E-state index in [1.54, 1.807) is 0 Å². The maximum absolute atomic E-state index is 14.6. The van der Waals surface area contributed by atoms with Crippen molar-refractivity contribution in [3.63, 3.8) is 0 Å². The van der Waals surface area contributed by atoms with Crippen molar-refractivity contribution in [2.45, 2.75) is 0 Å². The number of fused-ring (bicyclic) bond motifs is 5. The van der Waals surface area contributed by atoms with Crippen LogP contribution in [-0.2, 0) is 0 Å². The number of benzene rings is 6. The SMILES string of the molecule is O=c1c2c3ccccc3c(-c3cccc(-c4ccccc4)c3)n2c2ccccc2n1-c1ccc(-c2ccccc2)cc1. The Labute approximate surface area is 243 Å². The van der Waals surface area contributed by atoms with Crippen LogP contribution in [0, 0.1) is 0 Å². The zero-order valence-corrected chi connectivity index (χ0v) is 22.8. The second-order valence-electron chi connectivity index (χ2n) is 10.6. The zero-order valence-electron chi connectivity index (χ0n) is 22.8. The third kappa shape index (κ3) is 3.79. The number of aromatic nitrogens is 2. The molecule has 0 aliphatic rings. The number of rotatable bonds is 4. The van der Waals surface area contributed by atoms with E-state index in [1.165, 1.54) is 0 Å². The van der Waals surface area contributed by atoms with Crippen LogP contribution in [0.15, 0.2) is 163 Å². The van der Waals surface area contributed by atoms with Gasteiger partial charge in [-0.05, 0) is 58.1 Å². The fraction of sp³-hybridized carbons (Fsp3) is 0. The minimum atomic E-state index is -0.0391. The van der Waals surface area contributed by atoms with Gasteiger partial charge in [0.2, 0.25) is 0 Å². The van der Waals surface area contributed by atoms with Gasteiger partial charge in [-0.1, -0.05) is 127 Å². The van der Waals surface area contributed by atoms with Gasteiger partial charge in [0.15, 0.2) is 0 Å². The molecular weight excluding hydrogens is 512 g/mol. The van der Waals surface area contributed by atoms with Crippen LogP contribution in [0.4, 0.5) is 0 Å². The van der Waals surface area contributed by atoms with Crippen molar-refractivity contribution in [3.05, 3.63) is 168 Å². The first kappa shape index (κ1) is 24.2. The number of nitrogens with zero attached hydrogens (tertiary/aromatic N) is 2. The molecule has 0 N–H and O–H groups in total. The van der Waals surface area contributed by atoms with Crippen molar-refractivity contribution >= 4 is 27.3 Å². The van der Waals surface area contributed by atoms with Gasteiger partial charge in [0.1, 0.15) is 5.52 Å². The summed E-state index contributed by atoms with van der Waals surface area (Å²) in [6, 6.07) is 54.1. The van der Waals surface area contributed by atoms with Crippen molar-refractivity contribution in [2.24, 2.45) is 0 Å². The van der Waals surface area contributed by atoms with Crippen LogP contribution < -0.4 is 5.56 Å². The van der Waals surface area contributed by atoms with Crippen molar-refractivity contribution < 1.29 is 0 Å². The van der Waals surface area contributed by atoms with Crippen LogP contribution in [0.1, 0.15) is 0 Å². The molecule has 0 unspecified atom stereocenters. The highest BCUT2D eigenvalue weighted by molar-refractivity contribution is 6.09. The van der Waals surface area contributed by atoms with Gasteiger partial charge in [-0.2, -0.15) is 0 Å². The second-order valence-corrected chi connectivity index (χ2v) is 10.6. The molecule has 0 amide bonds. The topological polar surface area (TPSA) is 26.4 Å². The van der Waals surface area contributed by atoms with Crippen molar-refractivity contribution in [1.82, 2.24) is 8.97 Å². The van der Waals surface area contributed by atoms with E-state index in [1.807, 2.05) is 65.2 Å². The molecule has 0 aliphatic heterocycles. The van der Waals surface area contributed by atoms with E-state index in [0.29, 0.717) is 5.52 Å². The molecule has 0 bridgehead atoms. The molecule has 42 heavy (non-hydrogen) atoms. The fourth-order valence-corrected chi connectivity index (χ4v) is 6.21. The Morgan fingerprint density at radius 1 is 0.405 bits per heavy atom. The third-order valence-corrected chi connectivity index (χ3v) is 8.13. The lowest BCUT2D eigenvalue weighted by Crippen LogP contribution is -2.21. The largest absolute Gasteiger partial charge is 0.302 e. The summed E-state index contributed by atoms with van der Waals surface area (Å²) in [5.41, 5.74) is 10.00. The predicted molar refractivity (Wildman–Crippen MR) is 174 cm³/mol. The maximum atomic E-state index is 14.6. The van der Waals surface area contributed by atoms with Gasteiger partial charge in [-0.25, -0.2) is 0 Å². The average Bonchev–Trinajstić information content (AvgIpc) is 3.42. The molecule has 3 heteroatoms. The predicted octanol–water partition coefficient (Wildman–Crippen LogP) is 9.40. The highest BCUT2D eigenvalue weighted by Gasteiger charge is 2.21. The highest BCUT2D eigenvalue weighted by atomic mass is 16.1. The van der Waals surface area contributed by atoms with Crippen LogP contribution in [0.5, 0.6) is 0 Å². The van der Waals surface area contributed by atoms with Crippen molar-refractivity contribution in [3.8, 4) is 39.2 Å². The van der Waals surface area contributed by atoms with Crippen LogP contribution in [0.2, 0.25) is 0 Å². The van der Waals surface area contributed by atoms with Gasteiger partial charge in [-0.3, -0.25) is 9.36 Å². The molecule has 3 nitrogen and oxygen atoms in total. The van der Waals surface area contributed by atoms with Crippen LogP contribution in [0.3, 0.4) is 0 Å². The summed E-state index contributed by atoms with van der Waals surface area (Å²) in [5.74, 6) is 0. The fourth-order valence-electron chi connectivity index (χ4n) is 6.21. The lowest BCUT2D eigenvalue weighted by Gasteiger charge is -2.15. The lowest BCUT2D eigenvalue weighted by molar-refractivity contribution is 1.03. The summed E-state index contributed by atoms with van der Waals surface area (Å²) in [7, 11) is 0. The summed E-state index contributed by atoms with van der Waals surface area (Å²) in [6.07, 6.45) is 0. The van der Waals surface area contributed by atoms with E-state index in [9.17, 15) is 4.79 Å². The molecule has 0 aliphatic carbocycles. The number of hydrogen-bond donors (Lipinski definition) is 0. The summed E-state index contributed by atoms with van der Waals surface area (Å²) >= 11 is 0. The molecule has 6 aromatic carbocycles. The molecule has 0 radical (unpaired) electrons. The Kier molecular flexibility index (Phi) is 5.61. The monoisotopic (exact) mass is 538 g/mol. The zero-order chi connectivity index (χ0) is 28.0. The molecule has 2 aromatic heterocycles. The van der Waals surface area contributed by atoms with Gasteiger partial charge in [-0.15, -0.1) is 0 Å². The number of para-hydroxylation sites is 2. The van der Waals surface area contributed by atoms with Gasteiger partial charge in [0.25, 0.3) is 5.56 Å². The summed E-state index contributed by atoms with van der Waals surface area (Å²) < 4.78 is 4.03. The minimum Gasteiger partial charge on any atom is -0.302 e. The van der Waals surface area contributed by atoms with E-state index in [0.717, 1.165) is 61.0 Å². The molecule has 0 saturated heterocycles. The molecule has 2 heterocycles. The van der Waals surface area contributed by atoms with Crippen molar-refractivity contribution in [2.75, 3.05) is 0 Å². The molecule has 198 valence electrons. The smallest absolute Gasteiger partial charge is 0.280 e. The second kappa shape index (κ2) is 9.76.